The number of thioether (sulfide) groups is 1. The van der Waals surface area contributed by atoms with E-state index in [0.717, 1.165) is 28.2 Å². The van der Waals surface area contributed by atoms with Gasteiger partial charge in [-0.15, -0.1) is 11.8 Å². The summed E-state index contributed by atoms with van der Waals surface area (Å²) in [6, 6.07) is 3.67. The molecule has 2 N–H and O–H groups in total. The molecule has 0 saturated heterocycles. The largest absolute Gasteiger partial charge is 0.371 e. The fraction of sp³-hybridized carbons (Fsp3) is 0.308. The number of hydrogen-bond donors (Lipinski definition) is 2. The highest BCUT2D eigenvalue weighted by Crippen LogP contribution is 2.29. The molecule has 2 rings (SSSR count). The van der Waals surface area contributed by atoms with Gasteiger partial charge in [0.25, 0.3) is 0 Å². The number of benzene rings is 1. The second kappa shape index (κ2) is 7.39. The SMILES string of the molecule is C.CSC(=S)NCCc1c[nH]c2c(Cl)cc(Cl)cc12. The Kier molecular flexibility index (Phi) is 6.47. The number of nitrogens with one attached hydrogen (secondary N) is 2. The third-order valence-corrected chi connectivity index (χ3v) is 4.32. The normalized spacial score (nSPS) is 10.3. The molecule has 0 radical (unpaired) electrons. The summed E-state index contributed by atoms with van der Waals surface area (Å²) in [5.41, 5.74) is 2.12. The molecule has 0 amide bonds. The van der Waals surface area contributed by atoms with Gasteiger partial charge in [0.05, 0.1) is 10.5 Å². The van der Waals surface area contributed by atoms with E-state index in [-0.39, 0.29) is 7.43 Å². The lowest BCUT2D eigenvalue weighted by molar-refractivity contribution is 0.887. The Morgan fingerprint density at radius 3 is 2.84 bits per heavy atom. The van der Waals surface area contributed by atoms with Crippen LogP contribution in [0.15, 0.2) is 18.3 Å². The summed E-state index contributed by atoms with van der Waals surface area (Å²) in [5, 5.41) is 5.56. The summed E-state index contributed by atoms with van der Waals surface area (Å²) in [7, 11) is 0. The van der Waals surface area contributed by atoms with E-state index in [2.05, 4.69) is 10.3 Å². The average molecular weight is 335 g/mol. The van der Waals surface area contributed by atoms with Crippen LogP contribution in [0.4, 0.5) is 0 Å². The van der Waals surface area contributed by atoms with Gasteiger partial charge < -0.3 is 10.3 Å². The molecule has 0 bridgehead atoms. The fourth-order valence-corrected chi connectivity index (χ4v) is 2.69. The molecule has 1 aromatic carbocycles. The van der Waals surface area contributed by atoms with Crippen molar-refractivity contribution in [3.05, 3.63) is 33.9 Å². The van der Waals surface area contributed by atoms with Gasteiger partial charge in [0.15, 0.2) is 0 Å². The van der Waals surface area contributed by atoms with Crippen molar-refractivity contribution in [2.24, 2.45) is 0 Å². The molecule has 6 heteroatoms. The molecule has 0 aliphatic carbocycles. The van der Waals surface area contributed by atoms with Gasteiger partial charge in [-0.25, -0.2) is 0 Å². The van der Waals surface area contributed by atoms with Crippen molar-refractivity contribution in [2.45, 2.75) is 13.8 Å². The highest BCUT2D eigenvalue weighted by Gasteiger charge is 2.08. The third-order valence-electron chi connectivity index (χ3n) is 2.64. The van der Waals surface area contributed by atoms with Crippen LogP contribution >= 0.6 is 47.2 Å². The minimum absolute atomic E-state index is 0. The van der Waals surface area contributed by atoms with Crippen molar-refractivity contribution in [1.82, 2.24) is 10.3 Å². The van der Waals surface area contributed by atoms with Gasteiger partial charge in [0.2, 0.25) is 0 Å². The molecular formula is C13H16Cl2N2S2. The number of halogens is 2. The molecule has 0 spiro atoms. The van der Waals surface area contributed by atoms with Gasteiger partial charge in [0, 0.05) is 23.2 Å². The smallest absolute Gasteiger partial charge is 0.133 e. The molecule has 19 heavy (non-hydrogen) atoms. The molecule has 0 fully saturated rings. The molecule has 0 aliphatic heterocycles. The lowest BCUT2D eigenvalue weighted by Gasteiger charge is -2.04. The van der Waals surface area contributed by atoms with Crippen LogP contribution in [0.1, 0.15) is 13.0 Å². The van der Waals surface area contributed by atoms with E-state index < -0.39 is 0 Å². The van der Waals surface area contributed by atoms with Crippen LogP contribution in [-0.2, 0) is 6.42 Å². The zero-order valence-electron chi connectivity index (χ0n) is 9.72. The quantitative estimate of drug-likeness (QED) is 0.782. The molecule has 0 unspecified atom stereocenters. The fourth-order valence-electron chi connectivity index (χ4n) is 1.79. The van der Waals surface area contributed by atoms with Crippen molar-refractivity contribution in [3.8, 4) is 0 Å². The second-order valence-electron chi connectivity index (χ2n) is 3.79. The standard InChI is InChI=1S/C12H12Cl2N2S2.CH4/c1-18-12(17)15-3-2-7-6-16-11-9(7)4-8(13)5-10(11)14;/h4-6,16H,2-3H2,1H3,(H,15,17);1H4. The van der Waals surface area contributed by atoms with E-state index >= 15 is 0 Å². The maximum absolute atomic E-state index is 6.13. The van der Waals surface area contributed by atoms with Gasteiger partial charge >= 0.3 is 0 Å². The van der Waals surface area contributed by atoms with Gasteiger partial charge in [-0.05, 0) is 30.4 Å². The zero-order valence-corrected chi connectivity index (χ0v) is 12.9. The van der Waals surface area contributed by atoms with Crippen molar-refractivity contribution >= 4 is 62.4 Å². The first kappa shape index (κ1) is 16.6. The Morgan fingerprint density at radius 2 is 2.16 bits per heavy atom. The zero-order chi connectivity index (χ0) is 13.1. The van der Waals surface area contributed by atoms with Crippen LogP contribution in [0.5, 0.6) is 0 Å². The van der Waals surface area contributed by atoms with Crippen molar-refractivity contribution < 1.29 is 0 Å². The van der Waals surface area contributed by atoms with E-state index in [0.29, 0.717) is 10.0 Å². The average Bonchev–Trinajstić information content (AvgIpc) is 2.72. The van der Waals surface area contributed by atoms with Gasteiger partial charge in [-0.3, -0.25) is 0 Å². The minimum atomic E-state index is 0. The maximum Gasteiger partial charge on any atom is 0.133 e. The molecule has 1 aromatic heterocycles. The van der Waals surface area contributed by atoms with E-state index in [1.165, 1.54) is 5.56 Å². The second-order valence-corrected chi connectivity index (χ2v) is 6.12. The number of aromatic nitrogens is 1. The molecule has 0 atom stereocenters. The van der Waals surface area contributed by atoms with Crippen molar-refractivity contribution in [1.29, 1.82) is 0 Å². The predicted molar refractivity (Wildman–Crippen MR) is 92.9 cm³/mol. The summed E-state index contributed by atoms with van der Waals surface area (Å²) in [6.45, 7) is 0.802. The number of hydrogen-bond acceptors (Lipinski definition) is 2. The van der Waals surface area contributed by atoms with Crippen LogP contribution in [0, 0.1) is 0 Å². The molecule has 2 aromatic rings. The Labute approximate surface area is 133 Å². The molecule has 0 saturated carbocycles. The van der Waals surface area contributed by atoms with E-state index in [9.17, 15) is 0 Å². The lowest BCUT2D eigenvalue weighted by Crippen LogP contribution is -2.20. The first-order chi connectivity index (χ1) is 8.61. The number of H-pyrrole nitrogens is 1. The Balaban J connectivity index is 0.00000180. The third kappa shape index (κ3) is 4.02. The Morgan fingerprint density at radius 1 is 1.42 bits per heavy atom. The monoisotopic (exact) mass is 334 g/mol. The predicted octanol–water partition coefficient (Wildman–Crippen LogP) is 4.89. The Hall–Kier alpha value is -0.420. The minimum Gasteiger partial charge on any atom is -0.371 e. The van der Waals surface area contributed by atoms with E-state index in [1.54, 1.807) is 17.8 Å². The van der Waals surface area contributed by atoms with Crippen molar-refractivity contribution in [2.75, 3.05) is 12.8 Å². The van der Waals surface area contributed by atoms with Crippen LogP contribution in [0.2, 0.25) is 10.0 Å². The first-order valence-electron chi connectivity index (χ1n) is 5.38. The molecule has 0 aliphatic rings. The summed E-state index contributed by atoms with van der Waals surface area (Å²) < 4.78 is 0.811. The molecule has 2 nitrogen and oxygen atoms in total. The molecule has 1 heterocycles. The van der Waals surface area contributed by atoms with Gasteiger partial charge in [-0.1, -0.05) is 42.8 Å². The summed E-state index contributed by atoms with van der Waals surface area (Å²) in [5.74, 6) is 0. The number of rotatable bonds is 3. The number of fused-ring (bicyclic) bond motifs is 1. The summed E-state index contributed by atoms with van der Waals surface area (Å²) >= 11 is 18.8. The maximum atomic E-state index is 6.13. The topological polar surface area (TPSA) is 27.8 Å². The first-order valence-corrected chi connectivity index (χ1v) is 7.77. The van der Waals surface area contributed by atoms with Crippen LogP contribution in [-0.4, -0.2) is 22.1 Å². The number of aromatic amines is 1. The summed E-state index contributed by atoms with van der Waals surface area (Å²) in [6.07, 6.45) is 4.80. The van der Waals surface area contributed by atoms with Crippen LogP contribution in [0.3, 0.4) is 0 Å². The van der Waals surface area contributed by atoms with E-state index in [4.69, 9.17) is 35.4 Å². The van der Waals surface area contributed by atoms with Gasteiger partial charge in [-0.2, -0.15) is 0 Å². The number of thiocarbonyl (C=S) groups is 1. The van der Waals surface area contributed by atoms with E-state index in [1.807, 2.05) is 18.5 Å². The summed E-state index contributed by atoms with van der Waals surface area (Å²) in [4.78, 5) is 3.18. The molecular weight excluding hydrogens is 319 g/mol. The van der Waals surface area contributed by atoms with Gasteiger partial charge in [0.1, 0.15) is 4.32 Å². The van der Waals surface area contributed by atoms with Crippen molar-refractivity contribution in [3.63, 3.8) is 0 Å². The molecule has 104 valence electrons. The van der Waals surface area contributed by atoms with Crippen LogP contribution < -0.4 is 5.32 Å². The van der Waals surface area contributed by atoms with Crippen LogP contribution in [0.25, 0.3) is 10.9 Å². The Bertz CT molecular complexity index is 581. The lowest BCUT2D eigenvalue weighted by atomic mass is 10.1. The highest BCUT2D eigenvalue weighted by molar-refractivity contribution is 8.22. The highest BCUT2D eigenvalue weighted by atomic mass is 35.5.